The summed E-state index contributed by atoms with van der Waals surface area (Å²) in [7, 11) is 0. The molecule has 0 heterocycles. The summed E-state index contributed by atoms with van der Waals surface area (Å²) in [6.07, 6.45) is 0.332. The third-order valence-corrected chi connectivity index (χ3v) is 4.07. The second kappa shape index (κ2) is 6.27. The maximum absolute atomic E-state index is 12.0. The Balaban J connectivity index is 1.98. The molecule has 3 heteroatoms. The molecular formula is C18H23NO2. The Morgan fingerprint density at radius 2 is 1.86 bits per heavy atom. The van der Waals surface area contributed by atoms with Crippen molar-refractivity contribution < 1.29 is 9.90 Å². The number of amides is 1. The summed E-state index contributed by atoms with van der Waals surface area (Å²) in [6.45, 7) is 5.90. The summed E-state index contributed by atoms with van der Waals surface area (Å²) in [5.74, 6) is 0.0321. The van der Waals surface area contributed by atoms with Crippen LogP contribution in [-0.2, 0) is 11.2 Å². The van der Waals surface area contributed by atoms with Crippen molar-refractivity contribution in [2.24, 2.45) is 5.92 Å². The number of fused-ring (bicyclic) bond motifs is 1. The zero-order valence-electron chi connectivity index (χ0n) is 12.9. The number of benzene rings is 2. The first-order chi connectivity index (χ1) is 9.88. The number of carbonyl (C=O) groups is 1. The largest absolute Gasteiger partial charge is 0.388 e. The lowest BCUT2D eigenvalue weighted by Crippen LogP contribution is -2.44. The predicted octanol–water partition coefficient (Wildman–Crippen LogP) is 2.91. The van der Waals surface area contributed by atoms with Crippen LogP contribution >= 0.6 is 0 Å². The highest BCUT2D eigenvalue weighted by atomic mass is 16.3. The van der Waals surface area contributed by atoms with Gasteiger partial charge in [0.25, 0.3) is 0 Å². The third kappa shape index (κ3) is 4.05. The Labute approximate surface area is 126 Å². The molecule has 0 saturated carbocycles. The molecule has 0 fully saturated rings. The normalized spacial score (nSPS) is 14.1. The molecule has 0 radical (unpaired) electrons. The standard InChI is InChI=1S/C18H23NO2/c1-13(2)18(3,21)12-19-17(20)11-14-8-9-15-6-4-5-7-16(15)10-14/h4-10,13,21H,11-12H2,1-3H3,(H,19,20). The highest BCUT2D eigenvalue weighted by molar-refractivity contribution is 5.85. The number of aliphatic hydroxyl groups is 1. The Hall–Kier alpha value is -1.87. The maximum Gasteiger partial charge on any atom is 0.224 e. The minimum Gasteiger partial charge on any atom is -0.388 e. The van der Waals surface area contributed by atoms with Gasteiger partial charge in [0.2, 0.25) is 5.91 Å². The average molecular weight is 285 g/mol. The van der Waals surface area contributed by atoms with E-state index >= 15 is 0 Å². The van der Waals surface area contributed by atoms with Gasteiger partial charge in [-0.3, -0.25) is 4.79 Å². The zero-order valence-corrected chi connectivity index (χ0v) is 12.9. The molecule has 1 atom stereocenters. The lowest BCUT2D eigenvalue weighted by atomic mass is 9.92. The molecule has 2 aromatic carbocycles. The molecule has 0 aliphatic carbocycles. The van der Waals surface area contributed by atoms with E-state index in [1.807, 2.05) is 50.2 Å². The van der Waals surface area contributed by atoms with Gasteiger partial charge in [0.15, 0.2) is 0 Å². The first kappa shape index (κ1) is 15.5. The van der Waals surface area contributed by atoms with Crippen LogP contribution in [0, 0.1) is 5.92 Å². The van der Waals surface area contributed by atoms with E-state index < -0.39 is 5.60 Å². The van der Waals surface area contributed by atoms with E-state index in [-0.39, 0.29) is 18.4 Å². The van der Waals surface area contributed by atoms with Crippen molar-refractivity contribution in [1.29, 1.82) is 0 Å². The van der Waals surface area contributed by atoms with Crippen LogP contribution in [-0.4, -0.2) is 23.2 Å². The number of nitrogens with one attached hydrogen (secondary N) is 1. The number of hydrogen-bond donors (Lipinski definition) is 2. The molecule has 2 N–H and O–H groups in total. The fraction of sp³-hybridized carbons (Fsp3) is 0.389. The molecule has 0 aliphatic rings. The highest BCUT2D eigenvalue weighted by Gasteiger charge is 2.25. The number of carbonyl (C=O) groups excluding carboxylic acids is 1. The van der Waals surface area contributed by atoms with Crippen LogP contribution in [0.4, 0.5) is 0 Å². The van der Waals surface area contributed by atoms with E-state index in [9.17, 15) is 9.90 Å². The molecule has 3 nitrogen and oxygen atoms in total. The summed E-state index contributed by atoms with van der Waals surface area (Å²) >= 11 is 0. The first-order valence-corrected chi connectivity index (χ1v) is 7.35. The van der Waals surface area contributed by atoms with Crippen LogP contribution in [0.15, 0.2) is 42.5 Å². The van der Waals surface area contributed by atoms with E-state index in [1.165, 1.54) is 5.39 Å². The molecule has 0 saturated heterocycles. The van der Waals surface area contributed by atoms with Crippen molar-refractivity contribution >= 4 is 16.7 Å². The molecule has 1 amide bonds. The number of hydrogen-bond acceptors (Lipinski definition) is 2. The SMILES string of the molecule is CC(C)C(C)(O)CNC(=O)Cc1ccc2ccccc2c1. The molecule has 21 heavy (non-hydrogen) atoms. The molecule has 112 valence electrons. The van der Waals surface area contributed by atoms with Gasteiger partial charge in [-0.1, -0.05) is 56.3 Å². The van der Waals surface area contributed by atoms with Crippen LogP contribution in [0.3, 0.4) is 0 Å². The van der Waals surface area contributed by atoms with E-state index in [2.05, 4.69) is 11.4 Å². The van der Waals surface area contributed by atoms with Crippen molar-refractivity contribution in [3.05, 3.63) is 48.0 Å². The van der Waals surface area contributed by atoms with Crippen LogP contribution in [0.1, 0.15) is 26.3 Å². The highest BCUT2D eigenvalue weighted by Crippen LogP contribution is 2.17. The van der Waals surface area contributed by atoms with Crippen LogP contribution < -0.4 is 5.32 Å². The summed E-state index contributed by atoms with van der Waals surface area (Å²) in [5.41, 5.74) is 0.106. The van der Waals surface area contributed by atoms with E-state index in [0.717, 1.165) is 10.9 Å². The van der Waals surface area contributed by atoms with Gasteiger partial charge in [-0.15, -0.1) is 0 Å². The Morgan fingerprint density at radius 3 is 2.52 bits per heavy atom. The average Bonchev–Trinajstić information content (AvgIpc) is 2.45. The Morgan fingerprint density at radius 1 is 1.19 bits per heavy atom. The van der Waals surface area contributed by atoms with Crippen molar-refractivity contribution in [3.8, 4) is 0 Å². The Kier molecular flexibility index (Phi) is 4.63. The van der Waals surface area contributed by atoms with E-state index in [0.29, 0.717) is 6.42 Å². The molecular weight excluding hydrogens is 262 g/mol. The maximum atomic E-state index is 12.0. The molecule has 2 rings (SSSR count). The summed E-state index contributed by atoms with van der Waals surface area (Å²) < 4.78 is 0. The third-order valence-electron chi connectivity index (χ3n) is 4.07. The first-order valence-electron chi connectivity index (χ1n) is 7.35. The van der Waals surface area contributed by atoms with Gasteiger partial charge in [-0.25, -0.2) is 0 Å². The van der Waals surface area contributed by atoms with Gasteiger partial charge in [-0.05, 0) is 29.2 Å². The summed E-state index contributed by atoms with van der Waals surface area (Å²) in [5, 5.41) is 15.3. The van der Waals surface area contributed by atoms with Crippen molar-refractivity contribution in [2.75, 3.05) is 6.54 Å². The van der Waals surface area contributed by atoms with Crippen molar-refractivity contribution in [1.82, 2.24) is 5.32 Å². The minimum absolute atomic E-state index is 0.0637. The van der Waals surface area contributed by atoms with Gasteiger partial charge in [0, 0.05) is 6.54 Å². The molecule has 2 aromatic rings. The van der Waals surface area contributed by atoms with Crippen LogP contribution in [0.25, 0.3) is 10.8 Å². The summed E-state index contributed by atoms with van der Waals surface area (Å²) in [6, 6.07) is 14.1. The second-order valence-corrected chi connectivity index (χ2v) is 6.15. The van der Waals surface area contributed by atoms with Crippen molar-refractivity contribution in [3.63, 3.8) is 0 Å². The van der Waals surface area contributed by atoms with Gasteiger partial charge >= 0.3 is 0 Å². The van der Waals surface area contributed by atoms with Gasteiger partial charge in [0.1, 0.15) is 0 Å². The fourth-order valence-electron chi connectivity index (χ4n) is 2.08. The topological polar surface area (TPSA) is 49.3 Å². The van der Waals surface area contributed by atoms with Crippen LogP contribution in [0.5, 0.6) is 0 Å². The van der Waals surface area contributed by atoms with Crippen LogP contribution in [0.2, 0.25) is 0 Å². The molecule has 0 spiro atoms. The summed E-state index contributed by atoms with van der Waals surface area (Å²) in [4.78, 5) is 12.0. The van der Waals surface area contributed by atoms with Gasteiger partial charge in [0.05, 0.1) is 12.0 Å². The van der Waals surface area contributed by atoms with Gasteiger partial charge in [-0.2, -0.15) is 0 Å². The predicted molar refractivity (Wildman–Crippen MR) is 86.1 cm³/mol. The minimum atomic E-state index is -0.876. The molecule has 0 bridgehead atoms. The van der Waals surface area contributed by atoms with Crippen molar-refractivity contribution in [2.45, 2.75) is 32.8 Å². The van der Waals surface area contributed by atoms with E-state index in [1.54, 1.807) is 6.92 Å². The zero-order chi connectivity index (χ0) is 15.5. The molecule has 0 aromatic heterocycles. The lowest BCUT2D eigenvalue weighted by molar-refractivity contribution is -0.122. The quantitative estimate of drug-likeness (QED) is 0.887. The molecule has 0 aliphatic heterocycles. The van der Waals surface area contributed by atoms with E-state index in [4.69, 9.17) is 0 Å². The number of rotatable bonds is 5. The fourth-order valence-corrected chi connectivity index (χ4v) is 2.08. The molecule has 1 unspecified atom stereocenters. The monoisotopic (exact) mass is 285 g/mol. The lowest BCUT2D eigenvalue weighted by Gasteiger charge is -2.27. The van der Waals surface area contributed by atoms with Gasteiger partial charge < -0.3 is 10.4 Å². The smallest absolute Gasteiger partial charge is 0.224 e. The second-order valence-electron chi connectivity index (χ2n) is 6.15. The Bertz CT molecular complexity index is 632.